The lowest BCUT2D eigenvalue weighted by Gasteiger charge is -2.30. The number of halogens is 3. The van der Waals surface area contributed by atoms with Crippen LogP contribution in [0.4, 0.5) is 10.2 Å². The predicted molar refractivity (Wildman–Crippen MR) is 124 cm³/mol. The van der Waals surface area contributed by atoms with Crippen molar-refractivity contribution in [3.63, 3.8) is 0 Å². The fourth-order valence-corrected chi connectivity index (χ4v) is 5.12. The third kappa shape index (κ3) is 4.05. The minimum absolute atomic E-state index is 0.0654. The number of aromatic nitrogens is 3. The van der Waals surface area contributed by atoms with Crippen molar-refractivity contribution < 1.29 is 9.13 Å². The van der Waals surface area contributed by atoms with Gasteiger partial charge in [-0.1, -0.05) is 23.2 Å². The molecule has 3 aromatic rings. The standard InChI is InChI=1S/C23H24Cl2FN5O/c1-13(20-17(24)2-3-18(26)21(20)25)32-19-8-14(10-28-22(19)27)15-11-30-31(12-15)16-4-7-29-23(9-16)5-6-23/h2-3,8,10-13,16,29H,4-7,9H2,1H3,(H2,27,28). The molecule has 2 atom stereocenters. The van der Waals surface area contributed by atoms with Crippen LogP contribution in [0, 0.1) is 5.82 Å². The van der Waals surface area contributed by atoms with Crippen LogP contribution in [0.5, 0.6) is 5.75 Å². The summed E-state index contributed by atoms with van der Waals surface area (Å²) in [7, 11) is 0. The number of ether oxygens (including phenoxy) is 1. The van der Waals surface area contributed by atoms with E-state index in [1.54, 1.807) is 13.1 Å². The van der Waals surface area contributed by atoms with Gasteiger partial charge in [0.25, 0.3) is 0 Å². The lowest BCUT2D eigenvalue weighted by atomic mass is 9.97. The molecule has 32 heavy (non-hydrogen) atoms. The van der Waals surface area contributed by atoms with Crippen LogP contribution < -0.4 is 15.8 Å². The molecule has 3 N–H and O–H groups in total. The molecule has 2 aliphatic rings. The van der Waals surface area contributed by atoms with Crippen molar-refractivity contribution >= 4 is 29.0 Å². The summed E-state index contributed by atoms with van der Waals surface area (Å²) in [6, 6.07) is 4.88. The predicted octanol–water partition coefficient (Wildman–Crippen LogP) is 5.57. The number of piperidine rings is 1. The van der Waals surface area contributed by atoms with Gasteiger partial charge in [0.15, 0.2) is 11.6 Å². The summed E-state index contributed by atoms with van der Waals surface area (Å²) >= 11 is 12.4. The molecular weight excluding hydrogens is 452 g/mol. The maximum Gasteiger partial charge on any atom is 0.166 e. The second-order valence-electron chi connectivity index (χ2n) is 8.69. The number of nitrogens with zero attached hydrogens (tertiary/aromatic N) is 3. The Bertz CT molecular complexity index is 1160. The number of nitrogens with two attached hydrogens (primary N) is 1. The number of nitrogens with one attached hydrogen (secondary N) is 1. The zero-order chi connectivity index (χ0) is 22.5. The molecule has 1 aliphatic carbocycles. The van der Waals surface area contributed by atoms with Crippen LogP contribution in [0.2, 0.25) is 10.0 Å². The van der Waals surface area contributed by atoms with Gasteiger partial charge in [-0.3, -0.25) is 4.68 Å². The Hall–Kier alpha value is -2.35. The second-order valence-corrected chi connectivity index (χ2v) is 9.47. The van der Waals surface area contributed by atoms with Crippen LogP contribution >= 0.6 is 23.2 Å². The van der Waals surface area contributed by atoms with Crippen molar-refractivity contribution in [2.45, 2.75) is 50.3 Å². The van der Waals surface area contributed by atoms with Crippen molar-refractivity contribution in [1.82, 2.24) is 20.1 Å². The SMILES string of the molecule is CC(Oc1cc(-c2cnn(C3CCNC4(CC4)C3)c2)cnc1N)c1c(Cl)ccc(F)c1Cl. The maximum atomic E-state index is 13.9. The van der Waals surface area contributed by atoms with E-state index in [9.17, 15) is 4.39 Å². The highest BCUT2D eigenvalue weighted by Gasteiger charge is 2.46. The number of pyridine rings is 1. The van der Waals surface area contributed by atoms with Gasteiger partial charge in [-0.2, -0.15) is 5.10 Å². The zero-order valence-electron chi connectivity index (χ0n) is 17.6. The topological polar surface area (TPSA) is 78.0 Å². The van der Waals surface area contributed by atoms with E-state index in [1.165, 1.54) is 25.0 Å². The molecular formula is C23H24Cl2FN5O. The molecule has 0 bridgehead atoms. The quantitative estimate of drug-likeness (QED) is 0.471. The van der Waals surface area contributed by atoms with Crippen molar-refractivity contribution in [1.29, 1.82) is 0 Å². The molecule has 0 radical (unpaired) electrons. The maximum absolute atomic E-state index is 13.9. The summed E-state index contributed by atoms with van der Waals surface area (Å²) in [5.74, 6) is 0.0447. The van der Waals surface area contributed by atoms with E-state index in [4.69, 9.17) is 33.7 Å². The molecule has 2 fully saturated rings. The second kappa shape index (κ2) is 8.21. The van der Waals surface area contributed by atoms with Crippen LogP contribution in [0.1, 0.15) is 50.3 Å². The van der Waals surface area contributed by atoms with Crippen LogP contribution in [0.25, 0.3) is 11.1 Å². The zero-order valence-corrected chi connectivity index (χ0v) is 19.1. The average molecular weight is 476 g/mol. The van der Waals surface area contributed by atoms with E-state index in [2.05, 4.69) is 20.1 Å². The first-order valence-electron chi connectivity index (χ1n) is 10.7. The van der Waals surface area contributed by atoms with Crippen molar-refractivity contribution in [2.24, 2.45) is 0 Å². The summed E-state index contributed by atoms with van der Waals surface area (Å²) in [4.78, 5) is 4.29. The first-order chi connectivity index (χ1) is 15.3. The smallest absolute Gasteiger partial charge is 0.166 e. The molecule has 1 saturated heterocycles. The van der Waals surface area contributed by atoms with Crippen molar-refractivity contribution in [2.75, 3.05) is 12.3 Å². The Kier molecular flexibility index (Phi) is 5.51. The molecule has 6 nitrogen and oxygen atoms in total. The normalized spacial score (nSPS) is 20.3. The fraction of sp³-hybridized carbons (Fsp3) is 0.391. The molecule has 3 heterocycles. The van der Waals surface area contributed by atoms with Crippen molar-refractivity contribution in [3.8, 4) is 16.9 Å². The highest BCUT2D eigenvalue weighted by molar-refractivity contribution is 6.36. The van der Waals surface area contributed by atoms with E-state index >= 15 is 0 Å². The number of hydrogen-bond acceptors (Lipinski definition) is 5. The Balaban J connectivity index is 1.38. The monoisotopic (exact) mass is 475 g/mol. The van der Waals surface area contributed by atoms with Gasteiger partial charge >= 0.3 is 0 Å². The highest BCUT2D eigenvalue weighted by Crippen LogP contribution is 2.45. The number of benzene rings is 1. The van der Waals surface area contributed by atoms with E-state index in [0.29, 0.717) is 27.9 Å². The van der Waals surface area contributed by atoms with Gasteiger partial charge < -0.3 is 15.8 Å². The number of hydrogen-bond donors (Lipinski definition) is 2. The third-order valence-electron chi connectivity index (χ3n) is 6.44. The van der Waals surface area contributed by atoms with Gasteiger partial charge in [0.05, 0.1) is 17.3 Å². The van der Waals surface area contributed by atoms with Crippen LogP contribution in [0.15, 0.2) is 36.8 Å². The Morgan fingerprint density at radius 3 is 2.88 bits per heavy atom. The molecule has 9 heteroatoms. The first-order valence-corrected chi connectivity index (χ1v) is 11.5. The Morgan fingerprint density at radius 2 is 2.09 bits per heavy atom. The van der Waals surface area contributed by atoms with Gasteiger partial charge in [-0.15, -0.1) is 0 Å². The number of anilines is 1. The summed E-state index contributed by atoms with van der Waals surface area (Å²) in [5.41, 5.74) is 8.51. The average Bonchev–Trinajstić information content (AvgIpc) is 3.32. The summed E-state index contributed by atoms with van der Waals surface area (Å²) in [6.07, 6.45) is 9.61. The van der Waals surface area contributed by atoms with Crippen LogP contribution in [-0.4, -0.2) is 26.8 Å². The van der Waals surface area contributed by atoms with Crippen LogP contribution in [0.3, 0.4) is 0 Å². The van der Waals surface area contributed by atoms with Gasteiger partial charge in [0.1, 0.15) is 11.9 Å². The highest BCUT2D eigenvalue weighted by atomic mass is 35.5. The molecule has 168 valence electrons. The first kappa shape index (κ1) is 21.5. The minimum atomic E-state index is -0.628. The molecule has 2 aromatic heterocycles. The van der Waals surface area contributed by atoms with Gasteiger partial charge in [-0.25, -0.2) is 9.37 Å². The Morgan fingerprint density at radius 1 is 1.28 bits per heavy atom. The van der Waals surface area contributed by atoms with Crippen LogP contribution in [-0.2, 0) is 0 Å². The molecule has 1 saturated carbocycles. The molecule has 1 spiro atoms. The van der Waals surface area contributed by atoms with Gasteiger partial charge in [0, 0.05) is 39.6 Å². The summed E-state index contributed by atoms with van der Waals surface area (Å²) < 4.78 is 22.0. The third-order valence-corrected chi connectivity index (χ3v) is 7.15. The van der Waals surface area contributed by atoms with E-state index in [0.717, 1.165) is 30.5 Å². The van der Waals surface area contributed by atoms with E-state index in [1.807, 2.05) is 18.5 Å². The Labute approximate surface area is 195 Å². The van der Waals surface area contributed by atoms with Crippen molar-refractivity contribution in [3.05, 3.63) is 58.2 Å². The molecule has 2 unspecified atom stereocenters. The fourth-order valence-electron chi connectivity index (χ4n) is 4.45. The molecule has 5 rings (SSSR count). The lowest BCUT2D eigenvalue weighted by molar-refractivity contribution is 0.227. The molecule has 1 aliphatic heterocycles. The van der Waals surface area contributed by atoms with Gasteiger partial charge in [0.2, 0.25) is 0 Å². The minimum Gasteiger partial charge on any atom is -0.482 e. The lowest BCUT2D eigenvalue weighted by Crippen LogP contribution is -2.40. The van der Waals surface area contributed by atoms with E-state index < -0.39 is 11.9 Å². The molecule has 0 amide bonds. The number of rotatable bonds is 5. The van der Waals surface area contributed by atoms with E-state index in [-0.39, 0.29) is 10.8 Å². The molecule has 1 aromatic carbocycles. The largest absolute Gasteiger partial charge is 0.482 e. The summed E-state index contributed by atoms with van der Waals surface area (Å²) in [6.45, 7) is 2.76. The number of nitrogen functional groups attached to an aromatic ring is 1. The van der Waals surface area contributed by atoms with Gasteiger partial charge in [-0.05, 0) is 57.4 Å². The summed E-state index contributed by atoms with van der Waals surface area (Å²) in [5, 5.41) is 8.51.